The van der Waals surface area contributed by atoms with Gasteiger partial charge in [0, 0.05) is 5.56 Å². The Balaban J connectivity index is 2.55. The van der Waals surface area contributed by atoms with Crippen molar-refractivity contribution in [2.45, 2.75) is 18.7 Å². The summed E-state index contributed by atoms with van der Waals surface area (Å²) in [6.07, 6.45) is 1.29. The Hall–Kier alpha value is -2.72. The fraction of sp³-hybridized carbons (Fsp3) is 0.188. The lowest BCUT2D eigenvalue weighted by atomic mass is 10.2. The number of nitriles is 1. The number of nitrogen functional groups attached to an aromatic ring is 1. The van der Waals surface area contributed by atoms with E-state index in [1.165, 1.54) is 13.2 Å². The first-order chi connectivity index (χ1) is 10.8. The molecule has 0 unspecified atom stereocenters. The smallest absolute Gasteiger partial charge is 0.222 e. The van der Waals surface area contributed by atoms with E-state index in [2.05, 4.69) is 0 Å². The van der Waals surface area contributed by atoms with Gasteiger partial charge in [-0.25, -0.2) is 8.42 Å². The minimum absolute atomic E-state index is 0.156. The van der Waals surface area contributed by atoms with Crippen LogP contribution in [-0.2, 0) is 9.84 Å². The molecule has 23 heavy (non-hydrogen) atoms. The molecule has 7 heteroatoms. The third-order valence-electron chi connectivity index (χ3n) is 3.44. The Morgan fingerprint density at radius 3 is 2.35 bits per heavy atom. The van der Waals surface area contributed by atoms with E-state index < -0.39 is 14.7 Å². The molecule has 0 aliphatic heterocycles. The van der Waals surface area contributed by atoms with Crippen molar-refractivity contribution in [3.8, 4) is 11.8 Å². The number of nitrogens with two attached hydrogens (primary N) is 1. The van der Waals surface area contributed by atoms with Gasteiger partial charge in [0.15, 0.2) is 0 Å². The molecule has 6 nitrogen and oxygen atoms in total. The zero-order valence-corrected chi connectivity index (χ0v) is 13.8. The van der Waals surface area contributed by atoms with Crippen LogP contribution in [0, 0.1) is 25.2 Å². The lowest BCUT2D eigenvalue weighted by Gasteiger charge is -2.04. The fourth-order valence-electron chi connectivity index (χ4n) is 2.10. The summed E-state index contributed by atoms with van der Waals surface area (Å²) in [5.74, 6) is 0.827. The fourth-order valence-corrected chi connectivity index (χ4v) is 3.58. The van der Waals surface area contributed by atoms with Gasteiger partial charge in [0.1, 0.15) is 27.4 Å². The number of allylic oxidation sites excluding steroid dienone is 1. The highest BCUT2D eigenvalue weighted by atomic mass is 32.2. The van der Waals surface area contributed by atoms with E-state index in [9.17, 15) is 13.7 Å². The van der Waals surface area contributed by atoms with Crippen molar-refractivity contribution in [2.75, 3.05) is 12.8 Å². The number of hydrogen-bond donors (Lipinski definition) is 1. The van der Waals surface area contributed by atoms with Crippen LogP contribution in [0.3, 0.4) is 0 Å². The summed E-state index contributed by atoms with van der Waals surface area (Å²) in [4.78, 5) is -0.561. The molecule has 0 aliphatic rings. The molecule has 2 rings (SSSR count). The molecule has 0 spiro atoms. The van der Waals surface area contributed by atoms with Crippen molar-refractivity contribution < 1.29 is 17.6 Å². The highest BCUT2D eigenvalue weighted by Crippen LogP contribution is 2.33. The van der Waals surface area contributed by atoms with Crippen molar-refractivity contribution in [3.63, 3.8) is 0 Å². The van der Waals surface area contributed by atoms with E-state index in [0.717, 1.165) is 0 Å². The third-order valence-corrected chi connectivity index (χ3v) is 5.27. The molecular weight excluding hydrogens is 316 g/mol. The predicted octanol–water partition coefficient (Wildman–Crippen LogP) is 2.83. The number of furan rings is 1. The SMILES string of the molecule is COc1ccc(C=C(C#N)S(=O)(=O)c2c(N)oc(C)c2C)cc1. The maximum absolute atomic E-state index is 12.7. The molecule has 0 saturated heterocycles. The average molecular weight is 332 g/mol. The lowest BCUT2D eigenvalue weighted by molar-refractivity contribution is 0.415. The van der Waals surface area contributed by atoms with Crippen LogP contribution >= 0.6 is 0 Å². The number of sulfone groups is 1. The summed E-state index contributed by atoms with van der Waals surface area (Å²) in [5.41, 5.74) is 6.61. The van der Waals surface area contributed by atoms with Crippen molar-refractivity contribution >= 4 is 21.8 Å². The van der Waals surface area contributed by atoms with Gasteiger partial charge >= 0.3 is 0 Å². The summed E-state index contributed by atoms with van der Waals surface area (Å²) in [6.45, 7) is 3.20. The standard InChI is InChI=1S/C16H16N2O4S/c1-10-11(2)22-16(18)15(10)23(19,20)14(9-17)8-12-4-6-13(21-3)7-5-12/h4-8H,18H2,1-3H3. The molecule has 0 fully saturated rings. The van der Waals surface area contributed by atoms with E-state index in [-0.39, 0.29) is 10.8 Å². The van der Waals surface area contributed by atoms with Crippen LogP contribution in [0.1, 0.15) is 16.9 Å². The molecule has 2 N–H and O–H groups in total. The van der Waals surface area contributed by atoms with E-state index >= 15 is 0 Å². The average Bonchev–Trinajstić information content (AvgIpc) is 2.78. The molecule has 1 heterocycles. The number of rotatable bonds is 4. The highest BCUT2D eigenvalue weighted by molar-refractivity contribution is 7.96. The van der Waals surface area contributed by atoms with E-state index in [1.54, 1.807) is 44.2 Å². The first kappa shape index (κ1) is 16.6. The molecule has 0 bridgehead atoms. The topological polar surface area (TPSA) is 106 Å². The Bertz CT molecular complexity index is 901. The highest BCUT2D eigenvalue weighted by Gasteiger charge is 2.29. The van der Waals surface area contributed by atoms with E-state index in [4.69, 9.17) is 14.9 Å². The molecule has 0 aliphatic carbocycles. The normalized spacial score (nSPS) is 12.0. The number of aryl methyl sites for hydroxylation is 1. The van der Waals surface area contributed by atoms with Crippen LogP contribution in [0.25, 0.3) is 6.08 Å². The van der Waals surface area contributed by atoms with Crippen LogP contribution in [-0.4, -0.2) is 15.5 Å². The molecule has 0 saturated carbocycles. The van der Waals surface area contributed by atoms with Crippen LogP contribution < -0.4 is 10.5 Å². The summed E-state index contributed by atoms with van der Waals surface area (Å²) in [6, 6.07) is 8.39. The third kappa shape index (κ3) is 3.07. The summed E-state index contributed by atoms with van der Waals surface area (Å²) in [7, 11) is -2.52. The zero-order chi connectivity index (χ0) is 17.2. The first-order valence-electron chi connectivity index (χ1n) is 6.67. The van der Waals surface area contributed by atoms with E-state index in [1.807, 2.05) is 0 Å². The number of benzene rings is 1. The van der Waals surface area contributed by atoms with Gasteiger partial charge < -0.3 is 14.9 Å². The Labute approximate surface area is 134 Å². The van der Waals surface area contributed by atoms with Crippen molar-refractivity contribution in [2.24, 2.45) is 0 Å². The summed E-state index contributed by atoms with van der Waals surface area (Å²) in [5, 5.41) is 9.28. The van der Waals surface area contributed by atoms with Crippen molar-refractivity contribution in [3.05, 3.63) is 46.1 Å². The van der Waals surface area contributed by atoms with Gasteiger partial charge in [0.2, 0.25) is 15.7 Å². The van der Waals surface area contributed by atoms with Crippen molar-refractivity contribution in [1.29, 1.82) is 5.26 Å². The van der Waals surface area contributed by atoms with Gasteiger partial charge in [-0.15, -0.1) is 0 Å². The number of ether oxygens (including phenoxy) is 1. The molecule has 2 aromatic rings. The van der Waals surface area contributed by atoms with Crippen LogP contribution in [0.15, 0.2) is 38.5 Å². The van der Waals surface area contributed by atoms with Gasteiger partial charge in [-0.05, 0) is 37.6 Å². The Kier molecular flexibility index (Phi) is 4.48. The number of anilines is 1. The second-order valence-corrected chi connectivity index (χ2v) is 6.73. The Morgan fingerprint density at radius 1 is 1.30 bits per heavy atom. The summed E-state index contributed by atoms with van der Waals surface area (Å²) < 4.78 is 35.6. The van der Waals surface area contributed by atoms with Crippen LogP contribution in [0.2, 0.25) is 0 Å². The van der Waals surface area contributed by atoms with Gasteiger partial charge in [-0.1, -0.05) is 12.1 Å². The first-order valence-corrected chi connectivity index (χ1v) is 8.16. The molecule has 0 atom stereocenters. The van der Waals surface area contributed by atoms with Crippen LogP contribution in [0.5, 0.6) is 5.75 Å². The predicted molar refractivity (Wildman–Crippen MR) is 86.4 cm³/mol. The number of methoxy groups -OCH3 is 1. The maximum atomic E-state index is 12.7. The van der Waals surface area contributed by atoms with Gasteiger partial charge in [-0.3, -0.25) is 0 Å². The Morgan fingerprint density at radius 2 is 1.91 bits per heavy atom. The minimum atomic E-state index is -4.06. The second kappa shape index (κ2) is 6.18. The van der Waals surface area contributed by atoms with Gasteiger partial charge in [0.25, 0.3) is 0 Å². The largest absolute Gasteiger partial charge is 0.497 e. The lowest BCUT2D eigenvalue weighted by Crippen LogP contribution is -2.06. The molecule has 1 aromatic heterocycles. The van der Waals surface area contributed by atoms with Gasteiger partial charge in [0.05, 0.1) is 7.11 Å². The molecule has 0 amide bonds. The second-order valence-electron chi connectivity index (χ2n) is 4.87. The maximum Gasteiger partial charge on any atom is 0.222 e. The van der Waals surface area contributed by atoms with Gasteiger partial charge in [-0.2, -0.15) is 5.26 Å². The number of hydrogen-bond acceptors (Lipinski definition) is 6. The number of nitrogens with zero attached hydrogens (tertiary/aromatic N) is 1. The van der Waals surface area contributed by atoms with Crippen LogP contribution in [0.4, 0.5) is 5.88 Å². The summed E-state index contributed by atoms with van der Waals surface area (Å²) >= 11 is 0. The van der Waals surface area contributed by atoms with E-state index in [0.29, 0.717) is 22.6 Å². The molecule has 0 radical (unpaired) electrons. The molecule has 120 valence electrons. The monoisotopic (exact) mass is 332 g/mol. The quantitative estimate of drug-likeness (QED) is 0.863. The van der Waals surface area contributed by atoms with Crippen molar-refractivity contribution in [1.82, 2.24) is 0 Å². The molecular formula is C16H16N2O4S. The minimum Gasteiger partial charge on any atom is -0.497 e. The zero-order valence-electron chi connectivity index (χ0n) is 13.0. The molecule has 1 aromatic carbocycles.